The first-order valence-electron chi connectivity index (χ1n) is 5.97. The summed E-state index contributed by atoms with van der Waals surface area (Å²) in [7, 11) is 0. The molecule has 3 nitrogen and oxygen atoms in total. The van der Waals surface area contributed by atoms with Crippen molar-refractivity contribution in [2.45, 2.75) is 26.3 Å². The van der Waals surface area contributed by atoms with Crippen molar-refractivity contribution in [3.8, 4) is 0 Å². The van der Waals surface area contributed by atoms with E-state index in [0.29, 0.717) is 16.5 Å². The Kier molecular flexibility index (Phi) is 4.40. The van der Waals surface area contributed by atoms with Crippen LogP contribution in [0, 0.1) is 13.8 Å². The van der Waals surface area contributed by atoms with Crippen molar-refractivity contribution in [3.05, 3.63) is 56.8 Å². The molecule has 0 amide bonds. The fourth-order valence-corrected chi connectivity index (χ4v) is 2.38. The first-order chi connectivity index (χ1) is 8.97. The summed E-state index contributed by atoms with van der Waals surface area (Å²) in [5, 5.41) is 9.44. The summed E-state index contributed by atoms with van der Waals surface area (Å²) in [6.45, 7) is 3.80. The van der Waals surface area contributed by atoms with Crippen LogP contribution in [0.1, 0.15) is 28.6 Å². The molecule has 2 N–H and O–H groups in total. The van der Waals surface area contributed by atoms with Crippen molar-refractivity contribution in [1.82, 2.24) is 10.2 Å². The predicted molar refractivity (Wildman–Crippen MR) is 78.6 cm³/mol. The summed E-state index contributed by atoms with van der Waals surface area (Å²) >= 11 is 12.1. The van der Waals surface area contributed by atoms with E-state index in [1.807, 2.05) is 26.0 Å². The van der Waals surface area contributed by atoms with Crippen LogP contribution in [0.3, 0.4) is 0 Å². The molecule has 1 aromatic heterocycles. The van der Waals surface area contributed by atoms with Crippen molar-refractivity contribution in [1.29, 1.82) is 0 Å². The Labute approximate surface area is 122 Å². The van der Waals surface area contributed by atoms with Gasteiger partial charge in [-0.05, 0) is 55.7 Å². The minimum atomic E-state index is -0.176. The molecule has 0 aliphatic rings. The lowest BCUT2D eigenvalue weighted by atomic mass is 9.98. The molecule has 0 fully saturated rings. The Morgan fingerprint density at radius 1 is 1.16 bits per heavy atom. The predicted octanol–water partition coefficient (Wildman–Crippen LogP) is 3.64. The molecule has 1 atom stereocenters. The van der Waals surface area contributed by atoms with Crippen LogP contribution in [-0.2, 0) is 6.42 Å². The largest absolute Gasteiger partial charge is 0.324 e. The van der Waals surface area contributed by atoms with Gasteiger partial charge in [-0.3, -0.25) is 0 Å². The number of benzene rings is 1. The molecule has 0 spiro atoms. The molecule has 1 heterocycles. The Balaban J connectivity index is 2.27. The van der Waals surface area contributed by atoms with E-state index in [2.05, 4.69) is 10.2 Å². The number of halogens is 2. The van der Waals surface area contributed by atoms with E-state index < -0.39 is 0 Å². The van der Waals surface area contributed by atoms with Gasteiger partial charge in [0, 0.05) is 16.1 Å². The Hall–Kier alpha value is -1.16. The molecular weight excluding hydrogens is 281 g/mol. The quantitative estimate of drug-likeness (QED) is 0.940. The monoisotopic (exact) mass is 295 g/mol. The second-order valence-electron chi connectivity index (χ2n) is 4.57. The summed E-state index contributed by atoms with van der Waals surface area (Å²) < 4.78 is 0. The van der Waals surface area contributed by atoms with Crippen molar-refractivity contribution >= 4 is 23.2 Å². The van der Waals surface area contributed by atoms with Gasteiger partial charge in [0.25, 0.3) is 0 Å². The average Bonchev–Trinajstić information content (AvgIpc) is 2.36. The topological polar surface area (TPSA) is 51.8 Å². The van der Waals surface area contributed by atoms with Gasteiger partial charge in [-0.1, -0.05) is 23.2 Å². The van der Waals surface area contributed by atoms with Crippen molar-refractivity contribution < 1.29 is 0 Å². The number of hydrogen-bond acceptors (Lipinski definition) is 3. The number of nitrogens with two attached hydrogens (primary N) is 1. The van der Waals surface area contributed by atoms with E-state index in [4.69, 9.17) is 28.9 Å². The molecule has 5 heteroatoms. The van der Waals surface area contributed by atoms with Crippen LogP contribution in [0.4, 0.5) is 0 Å². The third kappa shape index (κ3) is 3.44. The standard InChI is InChI=1S/C14H15Cl2N3/c1-8-5-12(9(2)19-18-8)14(17)7-10-6-11(15)3-4-13(10)16/h3-6,14H,7,17H2,1-2H3. The molecule has 0 radical (unpaired) electrons. The molecule has 1 aromatic carbocycles. The summed E-state index contributed by atoms with van der Waals surface area (Å²) in [5.74, 6) is 0. The highest BCUT2D eigenvalue weighted by Gasteiger charge is 2.13. The third-order valence-electron chi connectivity index (χ3n) is 2.99. The molecule has 0 aliphatic heterocycles. The lowest BCUT2D eigenvalue weighted by Crippen LogP contribution is -2.16. The smallest absolute Gasteiger partial charge is 0.0648 e. The first kappa shape index (κ1) is 14.3. The van der Waals surface area contributed by atoms with E-state index >= 15 is 0 Å². The van der Waals surface area contributed by atoms with Crippen LogP contribution < -0.4 is 5.73 Å². The molecule has 0 saturated carbocycles. The van der Waals surface area contributed by atoms with E-state index in [-0.39, 0.29) is 6.04 Å². The number of rotatable bonds is 3. The normalized spacial score (nSPS) is 12.5. The number of aromatic nitrogens is 2. The lowest BCUT2D eigenvalue weighted by molar-refractivity contribution is 0.700. The zero-order valence-electron chi connectivity index (χ0n) is 10.8. The van der Waals surface area contributed by atoms with Gasteiger partial charge in [0.2, 0.25) is 0 Å². The van der Waals surface area contributed by atoms with Crippen LogP contribution in [0.5, 0.6) is 0 Å². The van der Waals surface area contributed by atoms with Gasteiger partial charge in [-0.15, -0.1) is 0 Å². The highest BCUT2D eigenvalue weighted by Crippen LogP contribution is 2.26. The third-order valence-corrected chi connectivity index (χ3v) is 3.59. The Morgan fingerprint density at radius 3 is 2.63 bits per heavy atom. The van der Waals surface area contributed by atoms with Gasteiger partial charge in [0.1, 0.15) is 0 Å². The molecule has 0 saturated heterocycles. The van der Waals surface area contributed by atoms with Crippen molar-refractivity contribution in [3.63, 3.8) is 0 Å². The van der Waals surface area contributed by atoms with Gasteiger partial charge in [0.05, 0.1) is 11.4 Å². The van der Waals surface area contributed by atoms with Crippen LogP contribution >= 0.6 is 23.2 Å². The van der Waals surface area contributed by atoms with Gasteiger partial charge in [0.15, 0.2) is 0 Å². The molecule has 0 bridgehead atoms. The summed E-state index contributed by atoms with van der Waals surface area (Å²) in [6, 6.07) is 7.19. The SMILES string of the molecule is Cc1cc(C(N)Cc2cc(Cl)ccc2Cl)c(C)nn1. The molecule has 0 aliphatic carbocycles. The fraction of sp³-hybridized carbons (Fsp3) is 0.286. The van der Waals surface area contributed by atoms with Gasteiger partial charge in [-0.25, -0.2) is 0 Å². The zero-order valence-corrected chi connectivity index (χ0v) is 12.3. The zero-order chi connectivity index (χ0) is 14.0. The van der Waals surface area contributed by atoms with Crippen LogP contribution in [-0.4, -0.2) is 10.2 Å². The van der Waals surface area contributed by atoms with Crippen LogP contribution in [0.15, 0.2) is 24.3 Å². The minimum Gasteiger partial charge on any atom is -0.324 e. The Morgan fingerprint density at radius 2 is 1.89 bits per heavy atom. The molecule has 1 unspecified atom stereocenters. The van der Waals surface area contributed by atoms with Gasteiger partial charge >= 0.3 is 0 Å². The van der Waals surface area contributed by atoms with Crippen LogP contribution in [0.2, 0.25) is 10.0 Å². The van der Waals surface area contributed by atoms with Crippen LogP contribution in [0.25, 0.3) is 0 Å². The van der Waals surface area contributed by atoms with Gasteiger partial charge in [-0.2, -0.15) is 10.2 Å². The van der Waals surface area contributed by atoms with E-state index in [1.165, 1.54) is 0 Å². The van der Waals surface area contributed by atoms with E-state index in [1.54, 1.807) is 12.1 Å². The number of hydrogen-bond donors (Lipinski definition) is 1. The molecular formula is C14H15Cl2N3. The van der Waals surface area contributed by atoms with Crippen molar-refractivity contribution in [2.24, 2.45) is 5.73 Å². The highest BCUT2D eigenvalue weighted by molar-refractivity contribution is 6.33. The summed E-state index contributed by atoms with van der Waals surface area (Å²) in [4.78, 5) is 0. The second kappa shape index (κ2) is 5.87. The van der Waals surface area contributed by atoms with Crippen molar-refractivity contribution in [2.75, 3.05) is 0 Å². The Bertz CT molecular complexity index is 599. The van der Waals surface area contributed by atoms with Gasteiger partial charge < -0.3 is 5.73 Å². The summed E-state index contributed by atoms with van der Waals surface area (Å²) in [5.41, 5.74) is 9.87. The van der Waals surface area contributed by atoms with E-state index in [9.17, 15) is 0 Å². The first-order valence-corrected chi connectivity index (χ1v) is 6.73. The highest BCUT2D eigenvalue weighted by atomic mass is 35.5. The molecule has 2 rings (SSSR count). The number of nitrogens with zero attached hydrogens (tertiary/aromatic N) is 2. The molecule has 100 valence electrons. The maximum Gasteiger partial charge on any atom is 0.0648 e. The lowest BCUT2D eigenvalue weighted by Gasteiger charge is -2.15. The molecule has 2 aromatic rings. The number of aryl methyl sites for hydroxylation is 2. The summed E-state index contributed by atoms with van der Waals surface area (Å²) in [6.07, 6.45) is 0.616. The minimum absolute atomic E-state index is 0.176. The maximum absolute atomic E-state index is 6.25. The maximum atomic E-state index is 6.25. The average molecular weight is 296 g/mol. The second-order valence-corrected chi connectivity index (χ2v) is 5.42. The fourth-order valence-electron chi connectivity index (χ4n) is 1.99. The molecule has 19 heavy (non-hydrogen) atoms. The van der Waals surface area contributed by atoms with E-state index in [0.717, 1.165) is 22.5 Å².